The number of anilines is 1. The molecule has 1 unspecified atom stereocenters. The highest BCUT2D eigenvalue weighted by Gasteiger charge is 2.21. The second kappa shape index (κ2) is 5.08. The largest absolute Gasteiger partial charge is 0.370 e. The molecule has 1 aromatic heterocycles. The molecule has 96 valence electrons. The molecule has 3 N–H and O–H groups in total. The zero-order valence-electron chi connectivity index (χ0n) is 11.0. The van der Waals surface area contributed by atoms with Crippen molar-refractivity contribution >= 4 is 22.9 Å². The summed E-state index contributed by atoms with van der Waals surface area (Å²) in [4.78, 5) is 8.86. The highest BCUT2D eigenvalue weighted by atomic mass is 15.4. The van der Waals surface area contributed by atoms with Crippen LogP contribution >= 0.6 is 0 Å². The van der Waals surface area contributed by atoms with Crippen LogP contribution in [-0.2, 0) is 0 Å². The summed E-state index contributed by atoms with van der Waals surface area (Å²) in [5.41, 5.74) is 7.78. The Morgan fingerprint density at radius 3 is 2.78 bits per heavy atom. The third-order valence-corrected chi connectivity index (χ3v) is 2.79. The molecule has 1 aromatic carbocycles. The van der Waals surface area contributed by atoms with Crippen molar-refractivity contribution in [3.8, 4) is 0 Å². The Balaban J connectivity index is 0.000000574. The van der Waals surface area contributed by atoms with Gasteiger partial charge in [-0.15, -0.1) is 0 Å². The van der Waals surface area contributed by atoms with Gasteiger partial charge in [-0.25, -0.2) is 9.98 Å². The maximum absolute atomic E-state index is 5.72. The van der Waals surface area contributed by atoms with Crippen molar-refractivity contribution in [3.63, 3.8) is 0 Å². The number of rotatable bonds is 1. The van der Waals surface area contributed by atoms with E-state index in [1.54, 1.807) is 0 Å². The molecule has 0 aliphatic carbocycles. The standard InChI is InChI=1S/C11H13N5.C2H6/c1-2-9-14-10(12)15-11-13-7-5-3-4-6-8(7)16(9)11;1-2/h3-6,9H,2H2,1H3,(H3,12,13,14,15);1-2H3. The molecular formula is C13H19N5. The van der Waals surface area contributed by atoms with Crippen LogP contribution in [0.1, 0.15) is 33.4 Å². The molecule has 0 bridgehead atoms. The number of hydrogen-bond acceptors (Lipinski definition) is 4. The molecule has 0 saturated heterocycles. The predicted octanol–water partition coefficient (Wildman–Crippen LogP) is 2.71. The minimum Gasteiger partial charge on any atom is -0.370 e. The Kier molecular flexibility index (Phi) is 3.50. The Labute approximate surface area is 107 Å². The van der Waals surface area contributed by atoms with Gasteiger partial charge < -0.3 is 5.73 Å². The number of nitrogens with one attached hydrogen (secondary N) is 1. The minimum absolute atomic E-state index is 0.0450. The van der Waals surface area contributed by atoms with E-state index in [1.807, 2.05) is 38.1 Å². The monoisotopic (exact) mass is 245 g/mol. The lowest BCUT2D eigenvalue weighted by Gasteiger charge is -2.22. The van der Waals surface area contributed by atoms with Gasteiger partial charge in [0.05, 0.1) is 11.0 Å². The van der Waals surface area contributed by atoms with E-state index in [2.05, 4.69) is 26.8 Å². The molecule has 2 heterocycles. The number of aromatic nitrogens is 2. The maximum Gasteiger partial charge on any atom is 0.212 e. The highest BCUT2D eigenvalue weighted by molar-refractivity contribution is 5.94. The molecule has 0 radical (unpaired) electrons. The predicted molar refractivity (Wildman–Crippen MR) is 75.7 cm³/mol. The topological polar surface area (TPSA) is 68.2 Å². The summed E-state index contributed by atoms with van der Waals surface area (Å²) in [5, 5.41) is 2.99. The average Bonchev–Trinajstić information content (AvgIpc) is 2.78. The summed E-state index contributed by atoms with van der Waals surface area (Å²) in [7, 11) is 0. The van der Waals surface area contributed by atoms with Gasteiger partial charge in [0.2, 0.25) is 5.95 Å². The molecule has 3 rings (SSSR count). The van der Waals surface area contributed by atoms with Gasteiger partial charge in [-0.2, -0.15) is 0 Å². The van der Waals surface area contributed by atoms with E-state index in [1.165, 1.54) is 0 Å². The van der Waals surface area contributed by atoms with Crippen LogP contribution in [0, 0.1) is 0 Å². The van der Waals surface area contributed by atoms with Crippen LogP contribution in [0.25, 0.3) is 11.0 Å². The summed E-state index contributed by atoms with van der Waals surface area (Å²) in [6.07, 6.45) is 0.944. The van der Waals surface area contributed by atoms with E-state index in [4.69, 9.17) is 5.73 Å². The van der Waals surface area contributed by atoms with Crippen molar-refractivity contribution in [1.82, 2.24) is 9.55 Å². The van der Waals surface area contributed by atoms with Gasteiger partial charge in [-0.05, 0) is 18.6 Å². The van der Waals surface area contributed by atoms with E-state index in [9.17, 15) is 0 Å². The number of imidazole rings is 1. The molecule has 1 atom stereocenters. The van der Waals surface area contributed by atoms with E-state index < -0.39 is 0 Å². The molecular weight excluding hydrogens is 226 g/mol. The van der Waals surface area contributed by atoms with E-state index in [0.29, 0.717) is 5.96 Å². The molecule has 1 aliphatic rings. The first kappa shape index (κ1) is 12.4. The van der Waals surface area contributed by atoms with Crippen molar-refractivity contribution in [2.75, 3.05) is 5.32 Å². The number of nitrogens with zero attached hydrogens (tertiary/aromatic N) is 3. The van der Waals surface area contributed by atoms with Crippen LogP contribution in [0.2, 0.25) is 0 Å². The lowest BCUT2D eigenvalue weighted by atomic mass is 10.3. The first-order valence-corrected chi connectivity index (χ1v) is 6.37. The first-order valence-electron chi connectivity index (χ1n) is 6.37. The molecule has 5 nitrogen and oxygen atoms in total. The number of benzene rings is 1. The number of guanidine groups is 1. The fraction of sp³-hybridized carbons (Fsp3) is 0.385. The van der Waals surface area contributed by atoms with Gasteiger partial charge >= 0.3 is 0 Å². The van der Waals surface area contributed by atoms with Gasteiger partial charge in [-0.3, -0.25) is 9.88 Å². The molecule has 0 fully saturated rings. The molecule has 0 amide bonds. The number of fused-ring (bicyclic) bond motifs is 3. The number of nitrogens with two attached hydrogens (primary N) is 1. The lowest BCUT2D eigenvalue weighted by molar-refractivity contribution is 0.519. The summed E-state index contributed by atoms with van der Waals surface area (Å²) >= 11 is 0. The van der Waals surface area contributed by atoms with Crippen LogP contribution in [0.15, 0.2) is 29.3 Å². The Morgan fingerprint density at radius 2 is 2.06 bits per heavy atom. The van der Waals surface area contributed by atoms with Crippen LogP contribution in [0.5, 0.6) is 0 Å². The number of para-hydroxylation sites is 2. The van der Waals surface area contributed by atoms with Crippen molar-refractivity contribution < 1.29 is 0 Å². The number of hydrogen-bond donors (Lipinski definition) is 2. The van der Waals surface area contributed by atoms with Gasteiger partial charge in [0.15, 0.2) is 5.96 Å². The molecule has 1 aliphatic heterocycles. The Morgan fingerprint density at radius 1 is 1.33 bits per heavy atom. The Hall–Kier alpha value is -2.04. The molecule has 2 aromatic rings. The maximum atomic E-state index is 5.72. The zero-order chi connectivity index (χ0) is 13.1. The summed E-state index contributed by atoms with van der Waals surface area (Å²) in [5.74, 6) is 1.22. The minimum atomic E-state index is 0.0450. The van der Waals surface area contributed by atoms with Gasteiger partial charge in [-0.1, -0.05) is 32.9 Å². The lowest BCUT2D eigenvalue weighted by Crippen LogP contribution is -2.30. The fourth-order valence-corrected chi connectivity index (χ4v) is 2.07. The third-order valence-electron chi connectivity index (χ3n) is 2.79. The van der Waals surface area contributed by atoms with Crippen LogP contribution in [0.4, 0.5) is 5.95 Å². The molecule has 5 heteroatoms. The second-order valence-electron chi connectivity index (χ2n) is 3.82. The fourth-order valence-electron chi connectivity index (χ4n) is 2.07. The number of aliphatic imine (C=N–C) groups is 1. The van der Waals surface area contributed by atoms with Crippen molar-refractivity contribution in [2.45, 2.75) is 33.4 Å². The first-order chi connectivity index (χ1) is 8.79. The summed E-state index contributed by atoms with van der Waals surface area (Å²) in [6.45, 7) is 6.09. The third kappa shape index (κ3) is 1.92. The van der Waals surface area contributed by atoms with E-state index >= 15 is 0 Å². The van der Waals surface area contributed by atoms with Crippen LogP contribution < -0.4 is 11.1 Å². The van der Waals surface area contributed by atoms with Crippen molar-refractivity contribution in [1.29, 1.82) is 0 Å². The average molecular weight is 245 g/mol. The van der Waals surface area contributed by atoms with Crippen LogP contribution in [0.3, 0.4) is 0 Å². The smallest absolute Gasteiger partial charge is 0.212 e. The van der Waals surface area contributed by atoms with Gasteiger partial charge in [0.25, 0.3) is 0 Å². The highest BCUT2D eigenvalue weighted by Crippen LogP contribution is 2.29. The normalized spacial score (nSPS) is 17.3. The van der Waals surface area contributed by atoms with Crippen molar-refractivity contribution in [3.05, 3.63) is 24.3 Å². The zero-order valence-corrected chi connectivity index (χ0v) is 11.0. The van der Waals surface area contributed by atoms with Gasteiger partial charge in [0, 0.05) is 0 Å². The summed E-state index contributed by atoms with van der Waals surface area (Å²) in [6, 6.07) is 8.02. The van der Waals surface area contributed by atoms with Crippen molar-refractivity contribution in [2.24, 2.45) is 10.7 Å². The SMILES string of the molecule is CC.CCC1N=C(N)Nc2nc3ccccc3n21. The Bertz CT molecular complexity index is 570. The summed E-state index contributed by atoms with van der Waals surface area (Å²) < 4.78 is 2.09. The molecule has 18 heavy (non-hydrogen) atoms. The quantitative estimate of drug-likeness (QED) is 0.811. The van der Waals surface area contributed by atoms with E-state index in [-0.39, 0.29) is 6.17 Å². The molecule has 0 spiro atoms. The van der Waals surface area contributed by atoms with Crippen LogP contribution in [-0.4, -0.2) is 15.5 Å². The van der Waals surface area contributed by atoms with E-state index in [0.717, 1.165) is 23.4 Å². The molecule has 0 saturated carbocycles. The second-order valence-corrected chi connectivity index (χ2v) is 3.82. The van der Waals surface area contributed by atoms with Gasteiger partial charge in [0.1, 0.15) is 6.17 Å².